The van der Waals surface area contributed by atoms with Crippen LogP contribution in [0.15, 0.2) is 42.5 Å². The van der Waals surface area contributed by atoms with Gasteiger partial charge in [0, 0.05) is 10.1 Å². The molecule has 0 heterocycles. The molecule has 0 saturated heterocycles. The molecule has 0 fully saturated rings. The van der Waals surface area contributed by atoms with Gasteiger partial charge in [0.05, 0.1) is 0 Å². The summed E-state index contributed by atoms with van der Waals surface area (Å²) in [5.41, 5.74) is 0.953. The number of hydrogen-bond acceptors (Lipinski definition) is 2. The van der Waals surface area contributed by atoms with Gasteiger partial charge in [-0.25, -0.2) is 0 Å². The fourth-order valence-electron chi connectivity index (χ4n) is 1.16. The van der Waals surface area contributed by atoms with E-state index in [1.54, 1.807) is 12.2 Å². The number of amides is 1. The molecular weight excluding hydrogens is 327 g/mol. The fraction of sp³-hybridized carbons (Fsp3) is 0.0769. The van der Waals surface area contributed by atoms with Gasteiger partial charge >= 0.3 is 0 Å². The van der Waals surface area contributed by atoms with Gasteiger partial charge in [-0.3, -0.25) is 4.79 Å². The Morgan fingerprint density at radius 3 is 2.82 bits per heavy atom. The lowest BCUT2D eigenvalue weighted by atomic mass is 10.1. The number of nitrogens with one attached hydrogen (secondary N) is 1. The predicted octanol–water partition coefficient (Wildman–Crippen LogP) is 2.50. The third-order valence-electron chi connectivity index (χ3n) is 1.98. The van der Waals surface area contributed by atoms with E-state index in [1.807, 2.05) is 30.3 Å². The molecular formula is C13H11IN2O. The Bertz CT molecular complexity index is 500. The highest BCUT2D eigenvalue weighted by Crippen LogP contribution is 2.15. The second-order valence-electron chi connectivity index (χ2n) is 3.19. The molecule has 0 aliphatic carbocycles. The largest absolute Gasteiger partial charge is 0.348 e. The maximum atomic E-state index is 11.6. The zero-order valence-corrected chi connectivity index (χ0v) is 11.3. The number of carbonyl (C=O) groups excluding carboxylic acids is 1. The lowest BCUT2D eigenvalue weighted by molar-refractivity contribution is -0.116. The van der Waals surface area contributed by atoms with Crippen LogP contribution in [0.25, 0.3) is 6.08 Å². The summed E-state index contributed by atoms with van der Waals surface area (Å²) in [5, 5.41) is 11.5. The number of carbonyl (C=O) groups is 1. The number of hydrogen-bond donors (Lipinski definition) is 1. The Morgan fingerprint density at radius 2 is 2.24 bits per heavy atom. The minimum atomic E-state index is -0.382. The number of nitriles is 1. The molecule has 0 aliphatic heterocycles. The van der Waals surface area contributed by atoms with E-state index >= 15 is 0 Å². The van der Waals surface area contributed by atoms with Gasteiger partial charge < -0.3 is 5.32 Å². The molecule has 0 aromatic heterocycles. The normalized spacial score (nSPS) is 10.5. The average molecular weight is 338 g/mol. The van der Waals surface area contributed by atoms with Gasteiger partial charge in [0.25, 0.3) is 5.91 Å². The Labute approximate surface area is 114 Å². The SMILES string of the molecule is C=CCNC(=O)/C(C#N)=C/c1ccccc1I. The van der Waals surface area contributed by atoms with Crippen LogP contribution in [0, 0.1) is 14.9 Å². The van der Waals surface area contributed by atoms with Gasteiger partial charge in [0.1, 0.15) is 11.6 Å². The molecule has 0 bridgehead atoms. The highest BCUT2D eigenvalue weighted by molar-refractivity contribution is 14.1. The number of benzene rings is 1. The summed E-state index contributed by atoms with van der Waals surface area (Å²) in [7, 11) is 0. The molecule has 0 atom stereocenters. The summed E-state index contributed by atoms with van der Waals surface area (Å²) in [5.74, 6) is -0.382. The van der Waals surface area contributed by atoms with E-state index in [0.29, 0.717) is 6.54 Å². The first-order valence-electron chi connectivity index (χ1n) is 4.94. The molecule has 3 nitrogen and oxygen atoms in total. The fourth-order valence-corrected chi connectivity index (χ4v) is 1.70. The van der Waals surface area contributed by atoms with Crippen LogP contribution in [0.1, 0.15) is 5.56 Å². The van der Waals surface area contributed by atoms with E-state index in [9.17, 15) is 4.79 Å². The first-order valence-corrected chi connectivity index (χ1v) is 6.02. The van der Waals surface area contributed by atoms with Crippen LogP contribution in [0.3, 0.4) is 0 Å². The van der Waals surface area contributed by atoms with Crippen molar-refractivity contribution in [2.45, 2.75) is 0 Å². The van der Waals surface area contributed by atoms with E-state index in [-0.39, 0.29) is 11.5 Å². The van der Waals surface area contributed by atoms with Crippen molar-refractivity contribution in [3.05, 3.63) is 51.6 Å². The van der Waals surface area contributed by atoms with Crippen LogP contribution in [0.4, 0.5) is 0 Å². The Balaban J connectivity index is 2.95. The molecule has 86 valence electrons. The molecule has 4 heteroatoms. The predicted molar refractivity (Wildman–Crippen MR) is 76.0 cm³/mol. The van der Waals surface area contributed by atoms with Crippen LogP contribution < -0.4 is 5.32 Å². The van der Waals surface area contributed by atoms with Crippen LogP contribution in [0.2, 0.25) is 0 Å². The number of nitrogens with zero attached hydrogens (tertiary/aromatic N) is 1. The van der Waals surface area contributed by atoms with Crippen molar-refractivity contribution in [1.29, 1.82) is 5.26 Å². The monoisotopic (exact) mass is 338 g/mol. The van der Waals surface area contributed by atoms with E-state index in [4.69, 9.17) is 5.26 Å². The zero-order valence-electron chi connectivity index (χ0n) is 9.11. The maximum absolute atomic E-state index is 11.6. The van der Waals surface area contributed by atoms with Crippen molar-refractivity contribution < 1.29 is 4.79 Å². The molecule has 0 unspecified atom stereocenters. The molecule has 0 spiro atoms. The first-order chi connectivity index (χ1) is 8.19. The number of rotatable bonds is 4. The van der Waals surface area contributed by atoms with E-state index in [0.717, 1.165) is 9.13 Å². The second-order valence-corrected chi connectivity index (χ2v) is 4.35. The van der Waals surface area contributed by atoms with Crippen molar-refractivity contribution in [3.63, 3.8) is 0 Å². The van der Waals surface area contributed by atoms with Gasteiger partial charge in [-0.05, 0) is 40.3 Å². The topological polar surface area (TPSA) is 52.9 Å². The molecule has 1 rings (SSSR count). The van der Waals surface area contributed by atoms with Crippen molar-refractivity contribution in [3.8, 4) is 6.07 Å². The van der Waals surface area contributed by atoms with Gasteiger partial charge in [0.2, 0.25) is 0 Å². The lowest BCUT2D eigenvalue weighted by Crippen LogP contribution is -2.24. The van der Waals surface area contributed by atoms with E-state index in [1.165, 1.54) is 0 Å². The summed E-state index contributed by atoms with van der Waals surface area (Å²) in [6.45, 7) is 3.85. The van der Waals surface area contributed by atoms with Crippen molar-refractivity contribution in [1.82, 2.24) is 5.32 Å². The Kier molecular flexibility index (Phi) is 5.43. The molecule has 1 N–H and O–H groups in total. The smallest absolute Gasteiger partial charge is 0.262 e. The van der Waals surface area contributed by atoms with Crippen molar-refractivity contribution >= 4 is 34.6 Å². The summed E-state index contributed by atoms with van der Waals surface area (Å²) >= 11 is 2.16. The van der Waals surface area contributed by atoms with Crippen molar-refractivity contribution in [2.24, 2.45) is 0 Å². The van der Waals surface area contributed by atoms with Crippen LogP contribution in [0.5, 0.6) is 0 Å². The van der Waals surface area contributed by atoms with Crippen molar-refractivity contribution in [2.75, 3.05) is 6.54 Å². The molecule has 1 amide bonds. The Morgan fingerprint density at radius 1 is 1.53 bits per heavy atom. The average Bonchev–Trinajstić information content (AvgIpc) is 2.35. The van der Waals surface area contributed by atoms with Crippen LogP contribution in [-0.2, 0) is 4.79 Å². The highest BCUT2D eigenvalue weighted by atomic mass is 127. The zero-order chi connectivity index (χ0) is 12.7. The second kappa shape index (κ2) is 6.86. The standard InChI is InChI=1S/C13H11IN2O/c1-2-7-16-13(17)11(9-15)8-10-5-3-4-6-12(10)14/h2-6,8H,1,7H2,(H,16,17)/b11-8+. The Hall–Kier alpha value is -1.61. The van der Waals surface area contributed by atoms with Gasteiger partial charge in [-0.15, -0.1) is 6.58 Å². The lowest BCUT2D eigenvalue weighted by Gasteiger charge is -2.01. The maximum Gasteiger partial charge on any atom is 0.262 e. The van der Waals surface area contributed by atoms with Gasteiger partial charge in [-0.1, -0.05) is 24.3 Å². The summed E-state index contributed by atoms with van der Waals surface area (Å²) < 4.78 is 0.995. The van der Waals surface area contributed by atoms with E-state index in [2.05, 4.69) is 34.5 Å². The number of halogens is 1. The quantitative estimate of drug-likeness (QED) is 0.397. The molecule has 0 radical (unpaired) electrons. The molecule has 17 heavy (non-hydrogen) atoms. The van der Waals surface area contributed by atoms with Crippen LogP contribution in [-0.4, -0.2) is 12.5 Å². The molecule has 1 aromatic rings. The van der Waals surface area contributed by atoms with Gasteiger partial charge in [0.15, 0.2) is 0 Å². The highest BCUT2D eigenvalue weighted by Gasteiger charge is 2.08. The van der Waals surface area contributed by atoms with Gasteiger partial charge in [-0.2, -0.15) is 5.26 Å². The summed E-state index contributed by atoms with van der Waals surface area (Å²) in [4.78, 5) is 11.6. The minimum Gasteiger partial charge on any atom is -0.348 e. The third-order valence-corrected chi connectivity index (χ3v) is 2.96. The summed E-state index contributed by atoms with van der Waals surface area (Å²) in [6, 6.07) is 9.45. The molecule has 0 aliphatic rings. The molecule has 0 saturated carbocycles. The summed E-state index contributed by atoms with van der Waals surface area (Å²) in [6.07, 6.45) is 3.15. The first kappa shape index (κ1) is 13.5. The van der Waals surface area contributed by atoms with E-state index < -0.39 is 0 Å². The minimum absolute atomic E-state index is 0.0935. The molecule has 1 aromatic carbocycles. The van der Waals surface area contributed by atoms with Crippen LogP contribution >= 0.6 is 22.6 Å². The third kappa shape index (κ3) is 4.04.